The predicted molar refractivity (Wildman–Crippen MR) is 264 cm³/mol. The van der Waals surface area contributed by atoms with E-state index in [0.29, 0.717) is 11.8 Å². The van der Waals surface area contributed by atoms with Crippen LogP contribution >= 0.6 is 0 Å². The molecule has 6 aromatic carbocycles. The molecule has 5 heterocycles. The minimum atomic E-state index is 0.240. The van der Waals surface area contributed by atoms with Crippen molar-refractivity contribution in [3.63, 3.8) is 0 Å². The lowest BCUT2D eigenvalue weighted by Gasteiger charge is -2.41. The van der Waals surface area contributed by atoms with Gasteiger partial charge >= 0.3 is 0 Å². The zero-order chi connectivity index (χ0) is 42.8. The average Bonchev–Trinajstić information content (AvgIpc) is 3.89. The molecule has 306 valence electrons. The number of rotatable bonds is 5. The van der Waals surface area contributed by atoms with E-state index in [1.165, 1.54) is 82.6 Å². The van der Waals surface area contributed by atoms with E-state index >= 15 is 0 Å². The summed E-state index contributed by atoms with van der Waals surface area (Å²) >= 11 is 0. The maximum Gasteiger partial charge on any atom is 0.0702 e. The molecule has 0 aliphatic heterocycles. The van der Waals surface area contributed by atoms with Crippen LogP contribution < -0.4 is 0 Å². The Bertz CT molecular complexity index is 3640. The Hall–Kier alpha value is -7.63. The van der Waals surface area contributed by atoms with Crippen LogP contribution in [0, 0.1) is 0 Å². The number of aromatic amines is 1. The van der Waals surface area contributed by atoms with Gasteiger partial charge in [0, 0.05) is 67.9 Å². The highest BCUT2D eigenvalue weighted by Gasteiger charge is 2.42. The standard InChI is InChI=1S/C59H45N5/c1-33-34(2)45-29-49-47-27-40(51-22-19-42(31-62-51)38-14-9-6-10-15-38)20-24-53(47)64(43-16-11-25-60-32-43)59(49)55-36(4)35(3)54-56(57(45)55)44(33)28-48-46-26-39(17-23-52(46)63-58(48)54)50-21-18-41(30-61-50)37-12-7-5-8-13-37/h5-36,63H,1-4H3. The lowest BCUT2D eigenvalue weighted by molar-refractivity contribution is 0.585. The molecule has 0 radical (unpaired) electrons. The Kier molecular flexibility index (Phi) is 8.05. The fourth-order valence-corrected chi connectivity index (χ4v) is 11.3. The van der Waals surface area contributed by atoms with E-state index in [1.54, 1.807) is 0 Å². The lowest BCUT2D eigenvalue weighted by Crippen LogP contribution is -2.23. The molecule has 0 saturated heterocycles. The molecule has 4 atom stereocenters. The SMILES string of the molecule is CC1c2cc3c([nH]c4ccc(-c5ccc(-c6ccccc6)cn5)cc43)c3c2-c2c(cc4c5cc(-c6ccc(-c7ccccc7)cn6)ccc5n(-c5cccnc5)c4c2C(C)C3C)C1C. The molecule has 1 N–H and O–H groups in total. The topological polar surface area (TPSA) is 59.4 Å². The summed E-state index contributed by atoms with van der Waals surface area (Å²) in [5.41, 5.74) is 23.4. The van der Waals surface area contributed by atoms with Gasteiger partial charge in [0.25, 0.3) is 0 Å². The normalized spacial score (nSPS) is 17.7. The Balaban J connectivity index is 1.02. The van der Waals surface area contributed by atoms with Gasteiger partial charge in [0.2, 0.25) is 0 Å². The molecule has 0 fully saturated rings. The summed E-state index contributed by atoms with van der Waals surface area (Å²) in [4.78, 5) is 18.6. The zero-order valence-electron chi connectivity index (χ0n) is 36.3. The highest BCUT2D eigenvalue weighted by atomic mass is 15.0. The molecule has 2 aliphatic carbocycles. The van der Waals surface area contributed by atoms with E-state index in [4.69, 9.17) is 9.97 Å². The van der Waals surface area contributed by atoms with Gasteiger partial charge in [-0.05, 0) is 129 Å². The number of benzene rings is 6. The van der Waals surface area contributed by atoms with Crippen molar-refractivity contribution in [2.45, 2.75) is 51.4 Å². The first-order chi connectivity index (χ1) is 31.4. The third-order valence-electron chi connectivity index (χ3n) is 15.0. The van der Waals surface area contributed by atoms with Gasteiger partial charge in [-0.1, -0.05) is 113 Å². The van der Waals surface area contributed by atoms with E-state index in [0.717, 1.165) is 44.8 Å². The van der Waals surface area contributed by atoms with Gasteiger partial charge in [0.15, 0.2) is 0 Å². The van der Waals surface area contributed by atoms with Gasteiger partial charge in [-0.15, -0.1) is 0 Å². The number of hydrogen-bond acceptors (Lipinski definition) is 3. The van der Waals surface area contributed by atoms with E-state index in [9.17, 15) is 0 Å². The second-order valence-electron chi connectivity index (χ2n) is 18.2. The Labute approximate surface area is 372 Å². The second kappa shape index (κ2) is 13.9. The molecule has 5 aromatic heterocycles. The molecule has 0 amide bonds. The molecule has 0 spiro atoms. The second-order valence-corrected chi connectivity index (χ2v) is 18.2. The van der Waals surface area contributed by atoms with Crippen LogP contribution in [0.4, 0.5) is 0 Å². The van der Waals surface area contributed by atoms with Crippen molar-refractivity contribution in [1.82, 2.24) is 24.5 Å². The van der Waals surface area contributed by atoms with Crippen LogP contribution in [-0.2, 0) is 0 Å². The summed E-state index contributed by atoms with van der Waals surface area (Å²) in [5.74, 6) is 1.14. The molecule has 2 aliphatic rings. The molecule has 5 heteroatoms. The van der Waals surface area contributed by atoms with Gasteiger partial charge in [-0.3, -0.25) is 15.0 Å². The molecule has 11 aromatic rings. The van der Waals surface area contributed by atoms with Gasteiger partial charge in [-0.25, -0.2) is 0 Å². The van der Waals surface area contributed by atoms with Gasteiger partial charge in [0.1, 0.15) is 0 Å². The van der Waals surface area contributed by atoms with Crippen molar-refractivity contribution in [3.05, 3.63) is 193 Å². The largest absolute Gasteiger partial charge is 0.354 e. The van der Waals surface area contributed by atoms with E-state index < -0.39 is 0 Å². The summed E-state index contributed by atoms with van der Waals surface area (Å²) in [5, 5.41) is 5.10. The molecular weight excluding hydrogens is 779 g/mol. The number of hydrogen-bond donors (Lipinski definition) is 1. The summed E-state index contributed by atoms with van der Waals surface area (Å²) in [7, 11) is 0. The van der Waals surface area contributed by atoms with Crippen LogP contribution in [0.3, 0.4) is 0 Å². The summed E-state index contributed by atoms with van der Waals surface area (Å²) in [6.45, 7) is 9.81. The summed E-state index contributed by atoms with van der Waals surface area (Å²) < 4.78 is 2.49. The Morgan fingerprint density at radius 3 is 1.64 bits per heavy atom. The van der Waals surface area contributed by atoms with Crippen LogP contribution in [0.15, 0.2) is 170 Å². The van der Waals surface area contributed by atoms with Crippen molar-refractivity contribution in [2.75, 3.05) is 0 Å². The molecule has 0 saturated carbocycles. The van der Waals surface area contributed by atoms with Crippen molar-refractivity contribution < 1.29 is 0 Å². The number of nitrogens with one attached hydrogen (secondary N) is 1. The quantitative estimate of drug-likeness (QED) is 0.188. The van der Waals surface area contributed by atoms with Crippen molar-refractivity contribution in [1.29, 1.82) is 0 Å². The number of pyridine rings is 3. The van der Waals surface area contributed by atoms with E-state index in [-0.39, 0.29) is 11.8 Å². The monoisotopic (exact) mass is 823 g/mol. The maximum absolute atomic E-state index is 5.01. The van der Waals surface area contributed by atoms with E-state index in [2.05, 4.69) is 188 Å². The van der Waals surface area contributed by atoms with Crippen LogP contribution in [0.1, 0.15) is 73.6 Å². The minimum absolute atomic E-state index is 0.240. The highest BCUT2D eigenvalue weighted by Crippen LogP contribution is 2.61. The van der Waals surface area contributed by atoms with Crippen LogP contribution in [0.2, 0.25) is 0 Å². The first kappa shape index (κ1) is 37.0. The fourth-order valence-electron chi connectivity index (χ4n) is 11.3. The van der Waals surface area contributed by atoms with Gasteiger partial charge < -0.3 is 9.55 Å². The van der Waals surface area contributed by atoms with Crippen molar-refractivity contribution in [2.24, 2.45) is 0 Å². The molecule has 13 rings (SSSR count). The molecular formula is C59H45N5. The number of nitrogens with zero attached hydrogens (tertiary/aromatic N) is 4. The Morgan fingerprint density at radius 1 is 0.453 bits per heavy atom. The number of aromatic nitrogens is 5. The van der Waals surface area contributed by atoms with Gasteiger partial charge in [0.05, 0.1) is 39.8 Å². The highest BCUT2D eigenvalue weighted by molar-refractivity contribution is 6.16. The third-order valence-corrected chi connectivity index (χ3v) is 15.0. The number of fused-ring (bicyclic) bond motifs is 8. The molecule has 5 nitrogen and oxygen atoms in total. The zero-order valence-corrected chi connectivity index (χ0v) is 36.3. The van der Waals surface area contributed by atoms with Gasteiger partial charge in [-0.2, -0.15) is 0 Å². The van der Waals surface area contributed by atoms with E-state index in [1.807, 2.05) is 24.8 Å². The predicted octanol–water partition coefficient (Wildman–Crippen LogP) is 15.4. The number of H-pyrrole nitrogens is 1. The average molecular weight is 824 g/mol. The van der Waals surface area contributed by atoms with Crippen LogP contribution in [0.5, 0.6) is 0 Å². The lowest BCUT2D eigenvalue weighted by atomic mass is 9.62. The Morgan fingerprint density at radius 2 is 1.03 bits per heavy atom. The molecule has 4 unspecified atom stereocenters. The van der Waals surface area contributed by atoms with Crippen LogP contribution in [-0.4, -0.2) is 24.5 Å². The minimum Gasteiger partial charge on any atom is -0.354 e. The summed E-state index contributed by atoms with van der Waals surface area (Å²) in [6, 6.07) is 52.7. The summed E-state index contributed by atoms with van der Waals surface area (Å²) in [6.07, 6.45) is 7.88. The third kappa shape index (κ3) is 5.34. The van der Waals surface area contributed by atoms with Crippen molar-refractivity contribution >= 4 is 43.6 Å². The first-order valence-corrected chi connectivity index (χ1v) is 22.6. The first-order valence-electron chi connectivity index (χ1n) is 22.6. The molecule has 64 heavy (non-hydrogen) atoms. The van der Waals surface area contributed by atoms with Crippen LogP contribution in [0.25, 0.3) is 105 Å². The maximum atomic E-state index is 5.01. The van der Waals surface area contributed by atoms with Crippen molar-refractivity contribution in [3.8, 4) is 61.6 Å². The fraction of sp³-hybridized carbons (Fsp3) is 0.136. The molecule has 0 bridgehead atoms. The smallest absolute Gasteiger partial charge is 0.0702 e.